The third kappa shape index (κ3) is 4.18. The minimum atomic E-state index is -0.145. The molecule has 1 saturated carbocycles. The van der Waals surface area contributed by atoms with E-state index in [0.29, 0.717) is 12.0 Å². The number of aliphatic imine (C=N–C) groups is 1. The van der Waals surface area contributed by atoms with Crippen LogP contribution in [0.2, 0.25) is 0 Å². The molecule has 0 spiro atoms. The van der Waals surface area contributed by atoms with Gasteiger partial charge in [0.2, 0.25) is 0 Å². The topological polar surface area (TPSA) is 56.7 Å². The van der Waals surface area contributed by atoms with Crippen molar-refractivity contribution >= 4 is 6.34 Å². The third-order valence-corrected chi connectivity index (χ3v) is 3.06. The van der Waals surface area contributed by atoms with Gasteiger partial charge >= 0.3 is 0 Å². The summed E-state index contributed by atoms with van der Waals surface area (Å²) in [6.07, 6.45) is 6.95. The molecule has 88 valence electrons. The van der Waals surface area contributed by atoms with Crippen molar-refractivity contribution in [1.82, 2.24) is 10.9 Å². The molecule has 0 heterocycles. The van der Waals surface area contributed by atoms with Gasteiger partial charge in [-0.3, -0.25) is 4.99 Å². The number of rotatable bonds is 6. The summed E-state index contributed by atoms with van der Waals surface area (Å²) in [5.41, 5.74) is 5.61. The minimum absolute atomic E-state index is 0.145. The van der Waals surface area contributed by atoms with Crippen LogP contribution in [0.4, 0.5) is 0 Å². The molecule has 1 aliphatic rings. The van der Waals surface area contributed by atoms with Gasteiger partial charge in [-0.05, 0) is 25.2 Å². The number of nitrogens with zero attached hydrogens (tertiary/aromatic N) is 1. The molecule has 0 aromatic carbocycles. The zero-order chi connectivity index (χ0) is 11.1. The first-order valence-electron chi connectivity index (χ1n) is 5.89. The second-order valence-electron chi connectivity index (χ2n) is 4.27. The second kappa shape index (κ2) is 6.80. The number of unbranched alkanes of at least 4 members (excludes halogenated alkanes) is 1. The van der Waals surface area contributed by atoms with Gasteiger partial charge in [0, 0.05) is 7.05 Å². The van der Waals surface area contributed by atoms with E-state index < -0.39 is 0 Å². The van der Waals surface area contributed by atoms with E-state index in [1.807, 2.05) is 0 Å². The van der Waals surface area contributed by atoms with E-state index in [-0.39, 0.29) is 6.10 Å². The van der Waals surface area contributed by atoms with Gasteiger partial charge in [-0.15, -0.1) is 0 Å². The van der Waals surface area contributed by atoms with Gasteiger partial charge in [0.25, 0.3) is 0 Å². The first kappa shape index (κ1) is 12.5. The standard InChI is InChI=1S/C11H23N3O/c1-3-4-5-9-6-10(7-11(9)15)13-8-14-12-2/h8-12,15H,3-7H2,1-2H3,(H,13,14). The van der Waals surface area contributed by atoms with Crippen LogP contribution in [0, 0.1) is 5.92 Å². The summed E-state index contributed by atoms with van der Waals surface area (Å²) in [6, 6.07) is 0.294. The summed E-state index contributed by atoms with van der Waals surface area (Å²) >= 11 is 0. The van der Waals surface area contributed by atoms with E-state index in [1.54, 1.807) is 13.4 Å². The van der Waals surface area contributed by atoms with Crippen LogP contribution in [0.3, 0.4) is 0 Å². The Hall–Kier alpha value is -0.610. The second-order valence-corrected chi connectivity index (χ2v) is 4.27. The van der Waals surface area contributed by atoms with Crippen LogP contribution in [0.5, 0.6) is 0 Å². The van der Waals surface area contributed by atoms with Crippen molar-refractivity contribution in [3.05, 3.63) is 0 Å². The molecule has 0 bridgehead atoms. The molecule has 4 heteroatoms. The monoisotopic (exact) mass is 213 g/mol. The van der Waals surface area contributed by atoms with Crippen molar-refractivity contribution in [1.29, 1.82) is 0 Å². The minimum Gasteiger partial charge on any atom is -0.393 e. The van der Waals surface area contributed by atoms with Crippen molar-refractivity contribution in [2.45, 2.75) is 51.2 Å². The molecule has 15 heavy (non-hydrogen) atoms. The third-order valence-electron chi connectivity index (χ3n) is 3.06. The molecular weight excluding hydrogens is 190 g/mol. The lowest BCUT2D eigenvalue weighted by atomic mass is 9.99. The highest BCUT2D eigenvalue weighted by Gasteiger charge is 2.31. The number of aliphatic hydroxyl groups is 1. The predicted molar refractivity (Wildman–Crippen MR) is 62.7 cm³/mol. The highest BCUT2D eigenvalue weighted by atomic mass is 16.3. The van der Waals surface area contributed by atoms with Crippen molar-refractivity contribution in [2.24, 2.45) is 10.9 Å². The molecule has 3 N–H and O–H groups in total. The van der Waals surface area contributed by atoms with Crippen molar-refractivity contribution in [3.63, 3.8) is 0 Å². The van der Waals surface area contributed by atoms with E-state index in [2.05, 4.69) is 22.8 Å². The maximum Gasteiger partial charge on any atom is 0.0969 e. The molecule has 3 atom stereocenters. The number of hydrogen-bond donors (Lipinski definition) is 3. The average molecular weight is 213 g/mol. The fourth-order valence-corrected chi connectivity index (χ4v) is 2.18. The van der Waals surface area contributed by atoms with Gasteiger partial charge < -0.3 is 10.5 Å². The normalized spacial score (nSPS) is 31.3. The Morgan fingerprint density at radius 2 is 2.27 bits per heavy atom. The van der Waals surface area contributed by atoms with Crippen molar-refractivity contribution < 1.29 is 5.11 Å². The molecule has 4 nitrogen and oxygen atoms in total. The molecular formula is C11H23N3O. The Bertz CT molecular complexity index is 196. The molecule has 1 aliphatic carbocycles. The van der Waals surface area contributed by atoms with E-state index in [0.717, 1.165) is 19.3 Å². The van der Waals surface area contributed by atoms with E-state index in [1.165, 1.54) is 12.8 Å². The van der Waals surface area contributed by atoms with Gasteiger partial charge in [-0.25, -0.2) is 5.43 Å². The largest absolute Gasteiger partial charge is 0.393 e. The molecule has 0 aromatic rings. The molecule has 0 aliphatic heterocycles. The summed E-state index contributed by atoms with van der Waals surface area (Å²) in [4.78, 5) is 4.36. The highest BCUT2D eigenvalue weighted by molar-refractivity contribution is 5.53. The lowest BCUT2D eigenvalue weighted by Gasteiger charge is -2.12. The van der Waals surface area contributed by atoms with Crippen LogP contribution in [0.15, 0.2) is 4.99 Å². The Morgan fingerprint density at radius 1 is 1.47 bits per heavy atom. The predicted octanol–water partition coefficient (Wildman–Crippen LogP) is 1.07. The van der Waals surface area contributed by atoms with Crippen LogP contribution in [-0.2, 0) is 0 Å². The number of aliphatic hydroxyl groups excluding tert-OH is 1. The smallest absolute Gasteiger partial charge is 0.0969 e. The zero-order valence-corrected chi connectivity index (χ0v) is 9.74. The lowest BCUT2D eigenvalue weighted by Crippen LogP contribution is -2.26. The Kier molecular flexibility index (Phi) is 5.65. The highest BCUT2D eigenvalue weighted by Crippen LogP contribution is 2.31. The summed E-state index contributed by atoms with van der Waals surface area (Å²) in [5.74, 6) is 0.460. The fourth-order valence-electron chi connectivity index (χ4n) is 2.18. The summed E-state index contributed by atoms with van der Waals surface area (Å²) in [7, 11) is 1.81. The van der Waals surface area contributed by atoms with Gasteiger partial charge in [0.05, 0.1) is 18.5 Å². The first-order valence-corrected chi connectivity index (χ1v) is 5.89. The Balaban J connectivity index is 2.28. The van der Waals surface area contributed by atoms with Crippen LogP contribution < -0.4 is 10.9 Å². The molecule has 0 saturated heterocycles. The van der Waals surface area contributed by atoms with E-state index in [9.17, 15) is 5.11 Å². The van der Waals surface area contributed by atoms with E-state index >= 15 is 0 Å². The number of hydrogen-bond acceptors (Lipinski definition) is 3. The molecule has 1 rings (SSSR count). The fraction of sp³-hybridized carbons (Fsp3) is 0.909. The maximum absolute atomic E-state index is 9.83. The van der Waals surface area contributed by atoms with Crippen LogP contribution in [0.1, 0.15) is 39.0 Å². The Labute approximate surface area is 92.1 Å². The lowest BCUT2D eigenvalue weighted by molar-refractivity contribution is 0.126. The molecule has 3 unspecified atom stereocenters. The van der Waals surface area contributed by atoms with Crippen LogP contribution in [0.25, 0.3) is 0 Å². The quantitative estimate of drug-likeness (QED) is 0.351. The number of nitrogens with one attached hydrogen (secondary N) is 2. The van der Waals surface area contributed by atoms with Gasteiger partial charge in [-0.1, -0.05) is 19.8 Å². The summed E-state index contributed by atoms with van der Waals surface area (Å²) in [5, 5.41) is 9.83. The van der Waals surface area contributed by atoms with Gasteiger partial charge in [0.15, 0.2) is 0 Å². The van der Waals surface area contributed by atoms with Crippen molar-refractivity contribution in [2.75, 3.05) is 7.05 Å². The molecule has 0 radical (unpaired) electrons. The van der Waals surface area contributed by atoms with E-state index in [4.69, 9.17) is 0 Å². The zero-order valence-electron chi connectivity index (χ0n) is 9.74. The van der Waals surface area contributed by atoms with Gasteiger partial charge in [-0.2, -0.15) is 0 Å². The molecule has 1 fully saturated rings. The van der Waals surface area contributed by atoms with Crippen LogP contribution >= 0.6 is 0 Å². The number of hydrazine groups is 1. The summed E-state index contributed by atoms with van der Waals surface area (Å²) in [6.45, 7) is 2.19. The SMILES string of the molecule is CCCCC1CC(N=CNNC)CC1O. The van der Waals surface area contributed by atoms with Crippen molar-refractivity contribution in [3.8, 4) is 0 Å². The summed E-state index contributed by atoms with van der Waals surface area (Å²) < 4.78 is 0. The Morgan fingerprint density at radius 3 is 2.93 bits per heavy atom. The molecule has 0 aromatic heterocycles. The van der Waals surface area contributed by atoms with Gasteiger partial charge in [0.1, 0.15) is 0 Å². The van der Waals surface area contributed by atoms with Crippen LogP contribution in [-0.4, -0.2) is 30.6 Å². The maximum atomic E-state index is 9.83. The molecule has 0 amide bonds. The first-order chi connectivity index (χ1) is 7.27. The average Bonchev–Trinajstić information content (AvgIpc) is 2.57.